The molecule has 3 atom stereocenters. The first-order valence-corrected chi connectivity index (χ1v) is 7.81. The van der Waals surface area contributed by atoms with E-state index in [0.717, 1.165) is 26.0 Å². The van der Waals surface area contributed by atoms with Gasteiger partial charge in [0.25, 0.3) is 5.91 Å². The van der Waals surface area contributed by atoms with Gasteiger partial charge in [-0.1, -0.05) is 0 Å². The molecule has 0 N–H and O–H groups in total. The quantitative estimate of drug-likeness (QED) is 0.852. The van der Waals surface area contributed by atoms with E-state index in [1.807, 2.05) is 4.90 Å². The third-order valence-corrected chi connectivity index (χ3v) is 4.83. The van der Waals surface area contributed by atoms with Crippen LogP contribution in [0.5, 0.6) is 5.88 Å². The van der Waals surface area contributed by atoms with Crippen LogP contribution in [0, 0.1) is 5.92 Å². The van der Waals surface area contributed by atoms with Crippen molar-refractivity contribution in [1.82, 2.24) is 9.88 Å². The van der Waals surface area contributed by atoms with Gasteiger partial charge >= 0.3 is 0 Å². The van der Waals surface area contributed by atoms with Crippen LogP contribution in [0.1, 0.15) is 36.0 Å². The molecule has 0 spiro atoms. The monoisotopic (exact) mass is 288 g/mol. The van der Waals surface area contributed by atoms with Crippen LogP contribution in [-0.2, 0) is 4.74 Å². The molecule has 3 fully saturated rings. The summed E-state index contributed by atoms with van der Waals surface area (Å²) < 4.78 is 11.1. The first kappa shape index (κ1) is 13.1. The summed E-state index contributed by atoms with van der Waals surface area (Å²) in [6, 6.07) is 4.00. The first-order chi connectivity index (χ1) is 10.3. The van der Waals surface area contributed by atoms with E-state index in [2.05, 4.69) is 4.98 Å². The Labute approximate surface area is 124 Å². The second kappa shape index (κ2) is 5.30. The summed E-state index contributed by atoms with van der Waals surface area (Å²) in [5, 5.41) is 0. The number of pyridine rings is 1. The molecule has 3 heterocycles. The van der Waals surface area contributed by atoms with Gasteiger partial charge in [-0.15, -0.1) is 0 Å². The Kier molecular flexibility index (Phi) is 3.30. The number of likely N-dealkylation sites (tertiary alicyclic amines) is 1. The molecule has 1 aromatic rings. The molecule has 3 aliphatic rings. The van der Waals surface area contributed by atoms with Gasteiger partial charge in [0.2, 0.25) is 5.88 Å². The molecule has 0 aromatic carbocycles. The number of carbonyl (C=O) groups excluding carboxylic acids is 1. The van der Waals surface area contributed by atoms with E-state index in [0.29, 0.717) is 30.0 Å². The lowest BCUT2D eigenvalue weighted by Gasteiger charge is -2.27. The number of piperidine rings is 1. The number of carbonyl (C=O) groups is 1. The number of amides is 1. The maximum Gasteiger partial charge on any atom is 0.254 e. The van der Waals surface area contributed by atoms with E-state index in [-0.39, 0.29) is 12.0 Å². The lowest BCUT2D eigenvalue weighted by Crippen LogP contribution is -2.37. The SMILES string of the molecule is O=C(c1ccnc(OC2CCOC2)c1)N1CC2CCC1C2. The zero-order valence-electron chi connectivity index (χ0n) is 12.0. The van der Waals surface area contributed by atoms with Crippen LogP contribution in [0.4, 0.5) is 0 Å². The van der Waals surface area contributed by atoms with Crippen LogP contribution in [0.3, 0.4) is 0 Å². The van der Waals surface area contributed by atoms with Crippen molar-refractivity contribution >= 4 is 5.91 Å². The molecule has 1 aliphatic carbocycles. The zero-order chi connectivity index (χ0) is 14.2. The Morgan fingerprint density at radius 2 is 2.33 bits per heavy atom. The van der Waals surface area contributed by atoms with Crippen LogP contribution in [0.15, 0.2) is 18.3 Å². The fourth-order valence-corrected chi connectivity index (χ4v) is 3.72. The second-order valence-corrected chi connectivity index (χ2v) is 6.28. The molecule has 1 amide bonds. The topological polar surface area (TPSA) is 51.7 Å². The van der Waals surface area contributed by atoms with Crippen LogP contribution in [0.25, 0.3) is 0 Å². The fraction of sp³-hybridized carbons (Fsp3) is 0.625. The van der Waals surface area contributed by atoms with Crippen molar-refractivity contribution in [3.05, 3.63) is 23.9 Å². The summed E-state index contributed by atoms with van der Waals surface area (Å²) in [6.45, 7) is 2.26. The Bertz CT molecular complexity index is 542. The summed E-state index contributed by atoms with van der Waals surface area (Å²) in [7, 11) is 0. The van der Waals surface area contributed by atoms with Crippen molar-refractivity contribution < 1.29 is 14.3 Å². The number of ether oxygens (including phenoxy) is 2. The minimum atomic E-state index is 0.0608. The number of rotatable bonds is 3. The Balaban J connectivity index is 1.48. The summed E-state index contributed by atoms with van der Waals surface area (Å²) in [6.07, 6.45) is 6.22. The Hall–Kier alpha value is -1.62. The molecule has 4 rings (SSSR count). The minimum Gasteiger partial charge on any atom is -0.472 e. The molecule has 1 saturated carbocycles. The van der Waals surface area contributed by atoms with Crippen molar-refractivity contribution in [3.63, 3.8) is 0 Å². The average molecular weight is 288 g/mol. The third-order valence-electron chi connectivity index (χ3n) is 4.83. The van der Waals surface area contributed by atoms with Gasteiger partial charge in [0.05, 0.1) is 13.2 Å². The normalized spacial score (nSPS) is 30.9. The molecular weight excluding hydrogens is 268 g/mol. The Morgan fingerprint density at radius 1 is 1.38 bits per heavy atom. The van der Waals surface area contributed by atoms with Crippen LogP contribution >= 0.6 is 0 Å². The highest BCUT2D eigenvalue weighted by Gasteiger charge is 2.40. The van der Waals surface area contributed by atoms with Crippen molar-refractivity contribution in [2.24, 2.45) is 5.92 Å². The van der Waals surface area contributed by atoms with Gasteiger partial charge in [-0.3, -0.25) is 4.79 Å². The van der Waals surface area contributed by atoms with Crippen LogP contribution in [0.2, 0.25) is 0 Å². The van der Waals surface area contributed by atoms with Crippen LogP contribution < -0.4 is 4.74 Å². The van der Waals surface area contributed by atoms with Gasteiger partial charge in [0.1, 0.15) is 6.10 Å². The van der Waals surface area contributed by atoms with Crippen molar-refractivity contribution in [1.29, 1.82) is 0 Å². The second-order valence-electron chi connectivity index (χ2n) is 6.28. The predicted molar refractivity (Wildman–Crippen MR) is 76.3 cm³/mol. The highest BCUT2D eigenvalue weighted by atomic mass is 16.5. The highest BCUT2D eigenvalue weighted by Crippen LogP contribution is 2.38. The lowest BCUT2D eigenvalue weighted by atomic mass is 10.1. The van der Waals surface area contributed by atoms with E-state index in [1.54, 1.807) is 18.3 Å². The maximum absolute atomic E-state index is 12.6. The number of fused-ring (bicyclic) bond motifs is 2. The fourth-order valence-electron chi connectivity index (χ4n) is 3.72. The maximum atomic E-state index is 12.6. The lowest BCUT2D eigenvalue weighted by molar-refractivity contribution is 0.0702. The summed E-state index contributed by atoms with van der Waals surface area (Å²) in [5.41, 5.74) is 0.687. The van der Waals surface area contributed by atoms with E-state index in [4.69, 9.17) is 9.47 Å². The van der Waals surface area contributed by atoms with Crippen molar-refractivity contribution in [2.45, 2.75) is 37.8 Å². The van der Waals surface area contributed by atoms with E-state index in [1.165, 1.54) is 12.8 Å². The molecule has 5 nitrogen and oxygen atoms in total. The first-order valence-electron chi connectivity index (χ1n) is 7.81. The van der Waals surface area contributed by atoms with Gasteiger partial charge in [-0.2, -0.15) is 0 Å². The zero-order valence-corrected chi connectivity index (χ0v) is 12.0. The van der Waals surface area contributed by atoms with Gasteiger partial charge < -0.3 is 14.4 Å². The van der Waals surface area contributed by atoms with Crippen molar-refractivity contribution in [2.75, 3.05) is 19.8 Å². The smallest absolute Gasteiger partial charge is 0.254 e. The minimum absolute atomic E-state index is 0.0608. The predicted octanol–water partition coefficient (Wildman–Crippen LogP) is 1.87. The number of nitrogens with zero attached hydrogens (tertiary/aromatic N) is 2. The number of hydrogen-bond acceptors (Lipinski definition) is 4. The summed E-state index contributed by atoms with van der Waals surface area (Å²) in [5.74, 6) is 1.37. The standard InChI is InChI=1S/C16H20N2O3/c19-16(18-9-11-1-2-13(18)7-11)12-3-5-17-15(8-12)21-14-4-6-20-10-14/h3,5,8,11,13-14H,1-2,4,6-7,9-10H2. The molecule has 3 unspecified atom stereocenters. The van der Waals surface area contributed by atoms with Crippen molar-refractivity contribution in [3.8, 4) is 5.88 Å². The third kappa shape index (κ3) is 2.50. The molecule has 1 aromatic heterocycles. The average Bonchev–Trinajstić information content (AvgIpc) is 3.24. The number of hydrogen-bond donors (Lipinski definition) is 0. The summed E-state index contributed by atoms with van der Waals surface area (Å²) in [4.78, 5) is 18.9. The van der Waals surface area contributed by atoms with Gasteiger partial charge in [-0.25, -0.2) is 4.98 Å². The molecule has 0 radical (unpaired) electrons. The van der Waals surface area contributed by atoms with E-state index < -0.39 is 0 Å². The van der Waals surface area contributed by atoms with E-state index in [9.17, 15) is 4.79 Å². The molecule has 21 heavy (non-hydrogen) atoms. The van der Waals surface area contributed by atoms with E-state index >= 15 is 0 Å². The van der Waals surface area contributed by atoms with Gasteiger partial charge in [0, 0.05) is 36.8 Å². The number of aromatic nitrogens is 1. The molecular formula is C16H20N2O3. The molecule has 2 saturated heterocycles. The largest absolute Gasteiger partial charge is 0.472 e. The van der Waals surface area contributed by atoms with Gasteiger partial charge in [-0.05, 0) is 31.2 Å². The molecule has 112 valence electrons. The summed E-state index contributed by atoms with van der Waals surface area (Å²) >= 11 is 0. The Morgan fingerprint density at radius 3 is 3.05 bits per heavy atom. The van der Waals surface area contributed by atoms with Gasteiger partial charge in [0.15, 0.2) is 0 Å². The van der Waals surface area contributed by atoms with Crippen LogP contribution in [-0.4, -0.2) is 47.7 Å². The molecule has 2 bridgehead atoms. The molecule has 2 aliphatic heterocycles. The highest BCUT2D eigenvalue weighted by molar-refractivity contribution is 5.94. The molecule has 5 heteroatoms.